The highest BCUT2D eigenvalue weighted by molar-refractivity contribution is 7.18. The molecule has 1 amide bonds. The van der Waals surface area contributed by atoms with E-state index in [2.05, 4.69) is 26.7 Å². The van der Waals surface area contributed by atoms with E-state index in [4.69, 9.17) is 0 Å². The van der Waals surface area contributed by atoms with Crippen LogP contribution in [0.4, 0.5) is 0 Å². The first-order chi connectivity index (χ1) is 14.7. The molecule has 0 atom stereocenters. The molecule has 1 saturated heterocycles. The first-order valence-corrected chi connectivity index (χ1v) is 12.4. The Labute approximate surface area is 185 Å². The van der Waals surface area contributed by atoms with Crippen LogP contribution in [0.2, 0.25) is 0 Å². The van der Waals surface area contributed by atoms with Crippen molar-refractivity contribution in [2.45, 2.75) is 13.1 Å². The summed E-state index contributed by atoms with van der Waals surface area (Å²) >= 11 is 4.77. The van der Waals surface area contributed by atoms with Gasteiger partial charge in [-0.25, -0.2) is 4.98 Å². The molecule has 154 valence electrons. The lowest BCUT2D eigenvalue weighted by atomic mass is 10.2. The topological polar surface area (TPSA) is 58.4 Å². The van der Waals surface area contributed by atoms with E-state index in [0.29, 0.717) is 23.3 Å². The van der Waals surface area contributed by atoms with Crippen LogP contribution in [-0.2, 0) is 17.9 Å². The van der Waals surface area contributed by atoms with Gasteiger partial charge >= 0.3 is 0 Å². The molecule has 9 heteroatoms. The fraction of sp³-hybridized carbons (Fsp3) is 0.286. The number of fused-ring (bicyclic) bond motifs is 1. The number of hydrogen-bond donors (Lipinski definition) is 0. The Morgan fingerprint density at radius 3 is 2.67 bits per heavy atom. The first-order valence-electron chi connectivity index (χ1n) is 9.71. The van der Waals surface area contributed by atoms with Crippen LogP contribution in [0.15, 0.2) is 50.8 Å². The van der Waals surface area contributed by atoms with Crippen LogP contribution in [-0.4, -0.2) is 51.4 Å². The smallest absolute Gasteiger partial charge is 0.263 e. The first kappa shape index (κ1) is 19.6. The third-order valence-corrected chi connectivity index (χ3v) is 7.89. The van der Waals surface area contributed by atoms with Gasteiger partial charge in [0.25, 0.3) is 5.56 Å². The summed E-state index contributed by atoms with van der Waals surface area (Å²) in [5.74, 6) is -0.0265. The van der Waals surface area contributed by atoms with Gasteiger partial charge in [-0.15, -0.1) is 22.7 Å². The number of amides is 1. The molecule has 0 saturated carbocycles. The van der Waals surface area contributed by atoms with Gasteiger partial charge in [0.15, 0.2) is 0 Å². The molecule has 6 nitrogen and oxygen atoms in total. The Kier molecular flexibility index (Phi) is 5.51. The Hall–Kier alpha value is -2.33. The van der Waals surface area contributed by atoms with Crippen LogP contribution in [0, 0.1) is 0 Å². The second-order valence-corrected chi connectivity index (χ2v) is 9.86. The zero-order valence-electron chi connectivity index (χ0n) is 16.2. The molecule has 0 N–H and O–H groups in total. The summed E-state index contributed by atoms with van der Waals surface area (Å²) in [5, 5.41) is 8.84. The summed E-state index contributed by atoms with van der Waals surface area (Å²) in [6.07, 6.45) is 1.50. The van der Waals surface area contributed by atoms with Gasteiger partial charge in [0.2, 0.25) is 5.91 Å². The molecular weight excluding hydrogens is 436 g/mol. The quantitative estimate of drug-likeness (QED) is 0.461. The lowest BCUT2D eigenvalue weighted by molar-refractivity contribution is -0.133. The van der Waals surface area contributed by atoms with Crippen LogP contribution < -0.4 is 5.56 Å². The Bertz CT molecular complexity index is 1200. The Morgan fingerprint density at radius 2 is 1.93 bits per heavy atom. The molecule has 0 aliphatic carbocycles. The van der Waals surface area contributed by atoms with Crippen molar-refractivity contribution in [3.8, 4) is 10.4 Å². The fourth-order valence-corrected chi connectivity index (χ4v) is 6.12. The second kappa shape index (κ2) is 8.43. The van der Waals surface area contributed by atoms with E-state index in [1.165, 1.54) is 27.8 Å². The van der Waals surface area contributed by atoms with Crippen LogP contribution >= 0.6 is 34.0 Å². The van der Waals surface area contributed by atoms with Crippen LogP contribution in [0.5, 0.6) is 0 Å². The Balaban J connectivity index is 1.29. The van der Waals surface area contributed by atoms with E-state index in [1.807, 2.05) is 27.8 Å². The van der Waals surface area contributed by atoms with Crippen molar-refractivity contribution in [1.29, 1.82) is 0 Å². The molecule has 0 aromatic carbocycles. The summed E-state index contributed by atoms with van der Waals surface area (Å²) in [6.45, 7) is 4.03. The van der Waals surface area contributed by atoms with Crippen molar-refractivity contribution in [2.75, 3.05) is 26.2 Å². The lowest BCUT2D eigenvalue weighted by Gasteiger charge is -2.34. The predicted molar refractivity (Wildman–Crippen MR) is 123 cm³/mol. The standard InChI is InChI=1S/C21H20N4O2S3/c26-18(24-6-4-23(5-7-24)10-15-3-9-28-12-15)11-25-14-22-20-19(21(25)27)16(13-30-20)17-2-1-8-29-17/h1-3,8-9,12-14H,4-7,10-11H2. The molecule has 0 bridgehead atoms. The molecule has 4 aromatic heterocycles. The van der Waals surface area contributed by atoms with E-state index >= 15 is 0 Å². The van der Waals surface area contributed by atoms with Crippen molar-refractivity contribution in [2.24, 2.45) is 0 Å². The van der Waals surface area contributed by atoms with Crippen LogP contribution in [0.3, 0.4) is 0 Å². The van der Waals surface area contributed by atoms with Gasteiger partial charge in [-0.2, -0.15) is 11.3 Å². The SMILES string of the molecule is O=C(Cn1cnc2scc(-c3cccs3)c2c1=O)N1CCN(Cc2ccsc2)CC1. The minimum atomic E-state index is -0.144. The molecule has 0 unspecified atom stereocenters. The molecular formula is C21H20N4O2S3. The third kappa shape index (κ3) is 3.85. The van der Waals surface area contributed by atoms with Crippen LogP contribution in [0.25, 0.3) is 20.7 Å². The number of hydrogen-bond acceptors (Lipinski definition) is 7. The maximum atomic E-state index is 13.1. The number of nitrogens with zero attached hydrogens (tertiary/aromatic N) is 4. The van der Waals surface area contributed by atoms with Crippen molar-refractivity contribution >= 4 is 50.1 Å². The molecule has 1 fully saturated rings. The van der Waals surface area contributed by atoms with Gasteiger partial charge < -0.3 is 4.90 Å². The highest BCUT2D eigenvalue weighted by Gasteiger charge is 2.22. The number of piperazine rings is 1. The van der Waals surface area contributed by atoms with E-state index in [0.717, 1.165) is 30.1 Å². The van der Waals surface area contributed by atoms with E-state index in [-0.39, 0.29) is 18.0 Å². The minimum Gasteiger partial charge on any atom is -0.339 e. The number of rotatable bonds is 5. The average molecular weight is 457 g/mol. The predicted octanol–water partition coefficient (Wildman–Crippen LogP) is 3.59. The summed E-state index contributed by atoms with van der Waals surface area (Å²) in [4.78, 5) is 36.4. The van der Waals surface area contributed by atoms with Crippen LogP contribution in [0.1, 0.15) is 5.56 Å². The average Bonchev–Trinajstić information content (AvgIpc) is 3.52. The Morgan fingerprint density at radius 1 is 1.07 bits per heavy atom. The van der Waals surface area contributed by atoms with Gasteiger partial charge in [0.05, 0.1) is 11.7 Å². The maximum absolute atomic E-state index is 13.1. The van der Waals surface area contributed by atoms with Crippen molar-refractivity contribution in [3.63, 3.8) is 0 Å². The van der Waals surface area contributed by atoms with E-state index < -0.39 is 0 Å². The third-order valence-electron chi connectivity index (χ3n) is 5.36. The fourth-order valence-electron chi connectivity index (χ4n) is 3.74. The minimum absolute atomic E-state index is 0.0265. The summed E-state index contributed by atoms with van der Waals surface area (Å²) < 4.78 is 1.45. The molecule has 1 aliphatic rings. The van der Waals surface area contributed by atoms with Gasteiger partial charge in [0.1, 0.15) is 11.4 Å². The van der Waals surface area contributed by atoms with E-state index in [1.54, 1.807) is 22.7 Å². The van der Waals surface area contributed by atoms with Crippen molar-refractivity contribution < 1.29 is 4.79 Å². The zero-order valence-corrected chi connectivity index (χ0v) is 18.6. The number of carbonyl (C=O) groups is 1. The molecule has 5 rings (SSSR count). The maximum Gasteiger partial charge on any atom is 0.263 e. The van der Waals surface area contributed by atoms with Gasteiger partial charge in [0, 0.05) is 48.5 Å². The lowest BCUT2D eigenvalue weighted by Crippen LogP contribution is -2.49. The molecule has 4 aromatic rings. The molecule has 5 heterocycles. The molecule has 30 heavy (non-hydrogen) atoms. The molecule has 0 radical (unpaired) electrons. The van der Waals surface area contributed by atoms with Crippen molar-refractivity contribution in [3.05, 3.63) is 62.0 Å². The number of thiophene rings is 3. The second-order valence-electron chi connectivity index (χ2n) is 7.27. The number of aromatic nitrogens is 2. The highest BCUT2D eigenvalue weighted by atomic mass is 32.1. The molecule has 1 aliphatic heterocycles. The van der Waals surface area contributed by atoms with Gasteiger partial charge in [-0.05, 0) is 33.8 Å². The summed E-state index contributed by atoms with van der Waals surface area (Å²) in [6, 6.07) is 6.12. The zero-order chi connectivity index (χ0) is 20.5. The molecule has 0 spiro atoms. The van der Waals surface area contributed by atoms with Crippen molar-refractivity contribution in [1.82, 2.24) is 19.4 Å². The largest absolute Gasteiger partial charge is 0.339 e. The highest BCUT2D eigenvalue weighted by Crippen LogP contribution is 2.33. The van der Waals surface area contributed by atoms with E-state index in [9.17, 15) is 9.59 Å². The van der Waals surface area contributed by atoms with Gasteiger partial charge in [-0.1, -0.05) is 6.07 Å². The monoisotopic (exact) mass is 456 g/mol. The summed E-state index contributed by atoms with van der Waals surface area (Å²) in [7, 11) is 0. The normalized spacial score (nSPS) is 15.1. The van der Waals surface area contributed by atoms with Gasteiger partial charge in [-0.3, -0.25) is 19.1 Å². The number of carbonyl (C=O) groups excluding carboxylic acids is 1. The summed E-state index contributed by atoms with van der Waals surface area (Å²) in [5.41, 5.74) is 2.09.